The Morgan fingerprint density at radius 3 is 2.70 bits per heavy atom. The summed E-state index contributed by atoms with van der Waals surface area (Å²) in [7, 11) is 0. The van der Waals surface area contributed by atoms with Crippen LogP contribution in [-0.2, 0) is 6.54 Å². The van der Waals surface area contributed by atoms with Gasteiger partial charge in [-0.3, -0.25) is 10.1 Å². The van der Waals surface area contributed by atoms with Crippen molar-refractivity contribution in [2.24, 2.45) is 0 Å². The van der Waals surface area contributed by atoms with Crippen LogP contribution < -0.4 is 5.32 Å². The topological polar surface area (TPSA) is 55.2 Å². The third-order valence-corrected chi connectivity index (χ3v) is 3.45. The van der Waals surface area contributed by atoms with Gasteiger partial charge < -0.3 is 5.32 Å². The van der Waals surface area contributed by atoms with Crippen LogP contribution in [0.25, 0.3) is 0 Å². The maximum Gasteiger partial charge on any atom is 0.269 e. The van der Waals surface area contributed by atoms with Crippen LogP contribution >= 0.6 is 11.6 Å². The molecule has 0 aliphatic carbocycles. The van der Waals surface area contributed by atoms with Gasteiger partial charge in [-0.15, -0.1) is 0 Å². The number of nitrogens with zero attached hydrogens (tertiary/aromatic N) is 1. The van der Waals surface area contributed by atoms with Gasteiger partial charge in [0.15, 0.2) is 0 Å². The Labute approximate surface area is 122 Å². The standard InChI is InChI=1S/C15H15ClN2O2/c1-11(14-7-2-3-8-15(14)16)17-10-12-5-4-6-13(9-12)18(19)20/h2-9,11,17H,10H2,1H3/t11-/m0/s1. The molecule has 0 fully saturated rings. The summed E-state index contributed by atoms with van der Waals surface area (Å²) >= 11 is 6.14. The van der Waals surface area contributed by atoms with Crippen molar-refractivity contribution in [1.82, 2.24) is 5.32 Å². The van der Waals surface area contributed by atoms with Crippen LogP contribution in [0.2, 0.25) is 5.02 Å². The molecule has 5 heteroatoms. The van der Waals surface area contributed by atoms with Crippen LogP contribution in [0.1, 0.15) is 24.1 Å². The molecule has 0 amide bonds. The monoisotopic (exact) mass is 290 g/mol. The Bertz CT molecular complexity index is 616. The average molecular weight is 291 g/mol. The number of halogens is 1. The van der Waals surface area contributed by atoms with Gasteiger partial charge in [-0.25, -0.2) is 0 Å². The minimum atomic E-state index is -0.388. The van der Waals surface area contributed by atoms with E-state index in [4.69, 9.17) is 11.6 Å². The van der Waals surface area contributed by atoms with Gasteiger partial charge in [-0.1, -0.05) is 41.9 Å². The lowest BCUT2D eigenvalue weighted by Gasteiger charge is -2.15. The molecule has 0 aromatic heterocycles. The minimum Gasteiger partial charge on any atom is -0.306 e. The molecular weight excluding hydrogens is 276 g/mol. The lowest BCUT2D eigenvalue weighted by atomic mass is 10.1. The van der Waals surface area contributed by atoms with Crippen molar-refractivity contribution in [3.8, 4) is 0 Å². The molecule has 2 aromatic carbocycles. The van der Waals surface area contributed by atoms with E-state index in [1.807, 2.05) is 37.3 Å². The van der Waals surface area contributed by atoms with E-state index in [-0.39, 0.29) is 16.7 Å². The normalized spacial score (nSPS) is 12.1. The van der Waals surface area contributed by atoms with Gasteiger partial charge in [0.1, 0.15) is 0 Å². The summed E-state index contributed by atoms with van der Waals surface area (Å²) in [6.07, 6.45) is 0. The highest BCUT2D eigenvalue weighted by Crippen LogP contribution is 2.22. The summed E-state index contributed by atoms with van der Waals surface area (Å²) in [5.41, 5.74) is 1.99. The molecule has 0 saturated heterocycles. The van der Waals surface area contributed by atoms with Gasteiger partial charge in [-0.05, 0) is 24.1 Å². The first-order valence-electron chi connectivity index (χ1n) is 6.29. The minimum absolute atomic E-state index is 0.0722. The number of non-ortho nitro benzene ring substituents is 1. The predicted octanol–water partition coefficient (Wildman–Crippen LogP) is 4.10. The largest absolute Gasteiger partial charge is 0.306 e. The van der Waals surface area contributed by atoms with Crippen LogP contribution in [0, 0.1) is 10.1 Å². The van der Waals surface area contributed by atoms with E-state index < -0.39 is 0 Å². The summed E-state index contributed by atoms with van der Waals surface area (Å²) in [6, 6.07) is 14.3. The van der Waals surface area contributed by atoms with Crippen molar-refractivity contribution in [3.05, 3.63) is 74.8 Å². The van der Waals surface area contributed by atoms with E-state index in [0.717, 1.165) is 11.1 Å². The Hall–Kier alpha value is -1.91. The smallest absolute Gasteiger partial charge is 0.269 e. The van der Waals surface area contributed by atoms with Gasteiger partial charge in [-0.2, -0.15) is 0 Å². The molecule has 2 aromatic rings. The molecule has 0 unspecified atom stereocenters. The molecule has 1 atom stereocenters. The summed E-state index contributed by atoms with van der Waals surface area (Å²) in [6.45, 7) is 2.56. The quantitative estimate of drug-likeness (QED) is 0.666. The Morgan fingerprint density at radius 1 is 1.25 bits per heavy atom. The number of rotatable bonds is 5. The van der Waals surface area contributed by atoms with Gasteiger partial charge in [0.05, 0.1) is 4.92 Å². The van der Waals surface area contributed by atoms with E-state index >= 15 is 0 Å². The lowest BCUT2D eigenvalue weighted by Crippen LogP contribution is -2.18. The van der Waals surface area contributed by atoms with Crippen LogP contribution in [0.4, 0.5) is 5.69 Å². The van der Waals surface area contributed by atoms with Crippen LogP contribution in [0.5, 0.6) is 0 Å². The summed E-state index contributed by atoms with van der Waals surface area (Å²) in [5, 5.41) is 14.8. The first-order valence-corrected chi connectivity index (χ1v) is 6.67. The third kappa shape index (κ3) is 3.56. The number of nitrogens with one attached hydrogen (secondary N) is 1. The molecule has 0 aliphatic heterocycles. The van der Waals surface area contributed by atoms with Gasteiger partial charge in [0.2, 0.25) is 0 Å². The number of nitro benzene ring substituents is 1. The molecule has 1 N–H and O–H groups in total. The predicted molar refractivity (Wildman–Crippen MR) is 79.8 cm³/mol. The molecule has 0 radical (unpaired) electrons. The van der Waals surface area contributed by atoms with Crippen molar-refractivity contribution in [1.29, 1.82) is 0 Å². The third-order valence-electron chi connectivity index (χ3n) is 3.11. The number of hydrogen-bond acceptors (Lipinski definition) is 3. The first-order chi connectivity index (χ1) is 9.58. The molecule has 0 bridgehead atoms. The summed E-state index contributed by atoms with van der Waals surface area (Å²) in [4.78, 5) is 10.3. The fourth-order valence-corrected chi connectivity index (χ4v) is 2.29. The molecule has 0 saturated carbocycles. The van der Waals surface area contributed by atoms with Crippen molar-refractivity contribution in [2.45, 2.75) is 19.5 Å². The summed E-state index contributed by atoms with van der Waals surface area (Å²) < 4.78 is 0. The van der Waals surface area contributed by atoms with Gasteiger partial charge in [0, 0.05) is 29.7 Å². The van der Waals surface area contributed by atoms with Crippen molar-refractivity contribution >= 4 is 17.3 Å². The second-order valence-corrected chi connectivity index (χ2v) is 4.96. The Balaban J connectivity index is 2.04. The Morgan fingerprint density at radius 2 is 2.00 bits per heavy atom. The van der Waals surface area contributed by atoms with E-state index in [9.17, 15) is 10.1 Å². The molecule has 104 valence electrons. The highest BCUT2D eigenvalue weighted by molar-refractivity contribution is 6.31. The Kier molecular flexibility index (Phi) is 4.71. The van der Waals surface area contributed by atoms with Crippen LogP contribution in [-0.4, -0.2) is 4.92 Å². The zero-order valence-electron chi connectivity index (χ0n) is 11.0. The fourth-order valence-electron chi connectivity index (χ4n) is 1.99. The van der Waals surface area contributed by atoms with Gasteiger partial charge in [0.25, 0.3) is 5.69 Å². The molecule has 20 heavy (non-hydrogen) atoms. The zero-order chi connectivity index (χ0) is 14.5. The van der Waals surface area contributed by atoms with Crippen LogP contribution in [0.15, 0.2) is 48.5 Å². The first kappa shape index (κ1) is 14.5. The highest BCUT2D eigenvalue weighted by atomic mass is 35.5. The molecule has 4 nitrogen and oxygen atoms in total. The van der Waals surface area contributed by atoms with E-state index in [1.165, 1.54) is 6.07 Å². The molecule has 0 heterocycles. The maximum absolute atomic E-state index is 10.7. The van der Waals surface area contributed by atoms with Crippen LogP contribution in [0.3, 0.4) is 0 Å². The SMILES string of the molecule is C[C@H](NCc1cccc([N+](=O)[O-])c1)c1ccccc1Cl. The van der Waals surface area contributed by atoms with E-state index in [1.54, 1.807) is 12.1 Å². The van der Waals surface area contributed by atoms with E-state index in [2.05, 4.69) is 5.32 Å². The number of nitro groups is 1. The maximum atomic E-state index is 10.7. The second kappa shape index (κ2) is 6.50. The lowest BCUT2D eigenvalue weighted by molar-refractivity contribution is -0.384. The average Bonchev–Trinajstić information content (AvgIpc) is 2.45. The second-order valence-electron chi connectivity index (χ2n) is 4.55. The van der Waals surface area contributed by atoms with Gasteiger partial charge >= 0.3 is 0 Å². The number of benzene rings is 2. The fraction of sp³-hybridized carbons (Fsp3) is 0.200. The molecular formula is C15H15ClN2O2. The molecule has 0 spiro atoms. The van der Waals surface area contributed by atoms with E-state index in [0.29, 0.717) is 11.6 Å². The molecule has 0 aliphatic rings. The van der Waals surface area contributed by atoms with Crippen molar-refractivity contribution in [3.63, 3.8) is 0 Å². The summed E-state index contributed by atoms with van der Waals surface area (Å²) in [5.74, 6) is 0. The van der Waals surface area contributed by atoms with Crippen molar-refractivity contribution in [2.75, 3.05) is 0 Å². The highest BCUT2D eigenvalue weighted by Gasteiger charge is 2.10. The van der Waals surface area contributed by atoms with Crippen molar-refractivity contribution < 1.29 is 4.92 Å². The molecule has 2 rings (SSSR count). The number of hydrogen-bond donors (Lipinski definition) is 1. The zero-order valence-corrected chi connectivity index (χ0v) is 11.8.